The number of carbonyl (C=O) groups excluding carboxylic acids is 1. The number of hydrogen-bond acceptors (Lipinski definition) is 3. The molecule has 4 nitrogen and oxygen atoms in total. The van der Waals surface area contributed by atoms with E-state index in [0.29, 0.717) is 12.5 Å². The van der Waals surface area contributed by atoms with Crippen molar-refractivity contribution in [1.82, 2.24) is 10.2 Å². The third-order valence-corrected chi connectivity index (χ3v) is 3.96. The maximum absolute atomic E-state index is 11.9. The highest BCUT2D eigenvalue weighted by molar-refractivity contribution is 5.81. The molecule has 3 unspecified atom stereocenters. The normalized spacial score (nSPS) is 23.2. The summed E-state index contributed by atoms with van der Waals surface area (Å²) in [7, 11) is 1.82. The molecule has 3 atom stereocenters. The van der Waals surface area contributed by atoms with Gasteiger partial charge in [-0.3, -0.25) is 10.1 Å². The van der Waals surface area contributed by atoms with Crippen LogP contribution in [0.3, 0.4) is 0 Å². The molecule has 0 spiro atoms. The van der Waals surface area contributed by atoms with Gasteiger partial charge in [0.15, 0.2) is 0 Å². The molecule has 1 heterocycles. The first-order chi connectivity index (χ1) is 9.02. The van der Waals surface area contributed by atoms with Crippen LogP contribution in [-0.2, 0) is 11.3 Å². The van der Waals surface area contributed by atoms with E-state index in [2.05, 4.69) is 18.3 Å². The highest BCUT2D eigenvalue weighted by Gasteiger charge is 2.36. The Labute approximate surface area is 115 Å². The van der Waals surface area contributed by atoms with Gasteiger partial charge in [-0.2, -0.15) is 0 Å². The first kappa shape index (κ1) is 14.1. The number of nitrogens with one attached hydrogen (secondary N) is 1. The van der Waals surface area contributed by atoms with Crippen molar-refractivity contribution >= 4 is 5.91 Å². The number of carbonyl (C=O) groups is 1. The van der Waals surface area contributed by atoms with Crippen molar-refractivity contribution in [3.8, 4) is 0 Å². The van der Waals surface area contributed by atoms with Crippen LogP contribution in [0.1, 0.15) is 44.6 Å². The number of rotatable bonds is 6. The fraction of sp³-hybridized carbons (Fsp3) is 0.667. The van der Waals surface area contributed by atoms with Gasteiger partial charge in [-0.05, 0) is 38.3 Å². The second-order valence-electron chi connectivity index (χ2n) is 5.58. The summed E-state index contributed by atoms with van der Waals surface area (Å²) in [6.07, 6.45) is 1.23. The standard InChI is InChI=1S/C15H24N2O2/c1-5-17(4)15(18)11(3)16-9-12-6-7-14(19-12)13-8-10(13)2/h6-7,10-11,13,16H,5,8-9H2,1-4H3. The molecule has 1 aromatic rings. The molecule has 106 valence electrons. The molecule has 0 saturated heterocycles. The topological polar surface area (TPSA) is 45.5 Å². The monoisotopic (exact) mass is 264 g/mol. The summed E-state index contributed by atoms with van der Waals surface area (Å²) in [6, 6.07) is 3.89. The Morgan fingerprint density at radius 1 is 1.58 bits per heavy atom. The van der Waals surface area contributed by atoms with Crippen LogP contribution < -0.4 is 5.32 Å². The summed E-state index contributed by atoms with van der Waals surface area (Å²) in [5.41, 5.74) is 0. The van der Waals surface area contributed by atoms with Crippen molar-refractivity contribution in [2.24, 2.45) is 5.92 Å². The number of nitrogens with zero attached hydrogens (tertiary/aromatic N) is 1. The van der Waals surface area contributed by atoms with Crippen molar-refractivity contribution in [2.45, 2.75) is 45.7 Å². The molecule has 0 aliphatic heterocycles. The highest BCUT2D eigenvalue weighted by Crippen LogP contribution is 2.47. The summed E-state index contributed by atoms with van der Waals surface area (Å²) in [4.78, 5) is 13.6. The number of amides is 1. The van der Waals surface area contributed by atoms with Crippen LogP contribution in [0.25, 0.3) is 0 Å². The molecule has 1 aliphatic carbocycles. The summed E-state index contributed by atoms with van der Waals surface area (Å²) in [5.74, 6) is 3.48. The van der Waals surface area contributed by atoms with E-state index in [4.69, 9.17) is 4.42 Å². The van der Waals surface area contributed by atoms with Crippen LogP contribution in [0.5, 0.6) is 0 Å². The molecule has 1 saturated carbocycles. The van der Waals surface area contributed by atoms with Crippen LogP contribution in [0.4, 0.5) is 0 Å². The van der Waals surface area contributed by atoms with Gasteiger partial charge in [-0.1, -0.05) is 6.92 Å². The van der Waals surface area contributed by atoms with Crippen LogP contribution >= 0.6 is 0 Å². The molecule has 2 rings (SSSR count). The van der Waals surface area contributed by atoms with Crippen molar-refractivity contribution in [1.29, 1.82) is 0 Å². The van der Waals surface area contributed by atoms with Gasteiger partial charge in [0.25, 0.3) is 0 Å². The molecule has 1 N–H and O–H groups in total. The minimum Gasteiger partial charge on any atom is -0.464 e. The molecule has 4 heteroatoms. The molecule has 0 bridgehead atoms. The predicted octanol–water partition coefficient (Wildman–Crippen LogP) is 2.36. The summed E-state index contributed by atoms with van der Waals surface area (Å²) >= 11 is 0. The number of hydrogen-bond donors (Lipinski definition) is 1. The molecular formula is C15H24N2O2. The Balaban J connectivity index is 1.81. The fourth-order valence-electron chi connectivity index (χ4n) is 2.23. The molecule has 1 amide bonds. The van der Waals surface area contributed by atoms with Gasteiger partial charge in [-0.15, -0.1) is 0 Å². The average Bonchev–Trinajstić information content (AvgIpc) is 2.96. The van der Waals surface area contributed by atoms with E-state index in [0.717, 1.165) is 24.0 Å². The zero-order valence-electron chi connectivity index (χ0n) is 12.3. The largest absolute Gasteiger partial charge is 0.464 e. The molecule has 1 fully saturated rings. The van der Waals surface area contributed by atoms with E-state index in [1.54, 1.807) is 4.90 Å². The van der Waals surface area contributed by atoms with Gasteiger partial charge in [0.2, 0.25) is 5.91 Å². The number of likely N-dealkylation sites (N-methyl/N-ethyl adjacent to an activating group) is 1. The molecule has 1 aromatic heterocycles. The van der Waals surface area contributed by atoms with Gasteiger partial charge in [0, 0.05) is 19.5 Å². The second-order valence-corrected chi connectivity index (χ2v) is 5.58. The fourth-order valence-corrected chi connectivity index (χ4v) is 2.23. The van der Waals surface area contributed by atoms with E-state index in [1.807, 2.05) is 27.0 Å². The smallest absolute Gasteiger partial charge is 0.239 e. The Hall–Kier alpha value is -1.29. The average molecular weight is 264 g/mol. The number of furan rings is 1. The predicted molar refractivity (Wildman–Crippen MR) is 74.8 cm³/mol. The first-order valence-electron chi connectivity index (χ1n) is 7.09. The van der Waals surface area contributed by atoms with Gasteiger partial charge in [0.05, 0.1) is 12.6 Å². The van der Waals surface area contributed by atoms with E-state index in [1.165, 1.54) is 6.42 Å². The minimum atomic E-state index is -0.182. The maximum Gasteiger partial charge on any atom is 0.239 e. The van der Waals surface area contributed by atoms with Crippen LogP contribution in [0.15, 0.2) is 16.5 Å². The molecule has 0 aromatic carbocycles. The maximum atomic E-state index is 11.9. The quantitative estimate of drug-likeness (QED) is 0.858. The third kappa shape index (κ3) is 3.38. The van der Waals surface area contributed by atoms with Crippen molar-refractivity contribution in [2.75, 3.05) is 13.6 Å². The Morgan fingerprint density at radius 3 is 2.84 bits per heavy atom. The lowest BCUT2D eigenvalue weighted by Gasteiger charge is -2.20. The summed E-state index contributed by atoms with van der Waals surface area (Å²) in [5, 5.41) is 3.21. The molecule has 19 heavy (non-hydrogen) atoms. The second kappa shape index (κ2) is 5.78. The lowest BCUT2D eigenvalue weighted by atomic mass is 10.2. The lowest BCUT2D eigenvalue weighted by Crippen LogP contribution is -2.42. The van der Waals surface area contributed by atoms with Gasteiger partial charge in [0.1, 0.15) is 11.5 Å². The zero-order chi connectivity index (χ0) is 14.0. The first-order valence-corrected chi connectivity index (χ1v) is 7.09. The SMILES string of the molecule is CCN(C)C(=O)C(C)NCc1ccc(C2CC2C)o1. The van der Waals surface area contributed by atoms with Gasteiger partial charge in [-0.25, -0.2) is 0 Å². The van der Waals surface area contributed by atoms with E-state index >= 15 is 0 Å². The van der Waals surface area contributed by atoms with Crippen molar-refractivity contribution in [3.63, 3.8) is 0 Å². The highest BCUT2D eigenvalue weighted by atomic mass is 16.3. The molecule has 0 radical (unpaired) electrons. The third-order valence-electron chi connectivity index (χ3n) is 3.96. The van der Waals surface area contributed by atoms with E-state index < -0.39 is 0 Å². The van der Waals surface area contributed by atoms with Crippen LogP contribution in [-0.4, -0.2) is 30.4 Å². The molecular weight excluding hydrogens is 240 g/mol. The van der Waals surface area contributed by atoms with E-state index in [9.17, 15) is 4.79 Å². The van der Waals surface area contributed by atoms with Crippen LogP contribution in [0, 0.1) is 5.92 Å². The Morgan fingerprint density at radius 2 is 2.26 bits per heavy atom. The summed E-state index contributed by atoms with van der Waals surface area (Å²) < 4.78 is 5.81. The summed E-state index contributed by atoms with van der Waals surface area (Å²) in [6.45, 7) is 7.44. The minimum absolute atomic E-state index is 0.116. The van der Waals surface area contributed by atoms with E-state index in [-0.39, 0.29) is 11.9 Å². The Kier molecular flexibility index (Phi) is 4.30. The van der Waals surface area contributed by atoms with Crippen molar-refractivity contribution in [3.05, 3.63) is 23.7 Å². The molecule has 1 aliphatic rings. The van der Waals surface area contributed by atoms with Crippen molar-refractivity contribution < 1.29 is 9.21 Å². The zero-order valence-corrected chi connectivity index (χ0v) is 12.3. The van der Waals surface area contributed by atoms with Crippen LogP contribution in [0.2, 0.25) is 0 Å². The van der Waals surface area contributed by atoms with Gasteiger partial charge >= 0.3 is 0 Å². The Bertz CT molecular complexity index is 441. The van der Waals surface area contributed by atoms with Gasteiger partial charge < -0.3 is 9.32 Å². The lowest BCUT2D eigenvalue weighted by molar-refractivity contribution is -0.131.